The van der Waals surface area contributed by atoms with Crippen LogP contribution in [0.1, 0.15) is 20.3 Å². The molecule has 0 bridgehead atoms. The molecule has 0 spiro atoms. The Morgan fingerprint density at radius 1 is 1.53 bits per heavy atom. The Morgan fingerprint density at radius 3 is 2.87 bits per heavy atom. The van der Waals surface area contributed by atoms with Crippen molar-refractivity contribution in [2.24, 2.45) is 0 Å². The van der Waals surface area contributed by atoms with Crippen molar-refractivity contribution in [1.82, 2.24) is 5.32 Å². The van der Waals surface area contributed by atoms with E-state index in [0.717, 1.165) is 6.42 Å². The molecule has 82 valence electrons. The Bertz CT molecular complexity index is 341. The van der Waals surface area contributed by atoms with E-state index in [0.29, 0.717) is 16.8 Å². The quantitative estimate of drug-likeness (QED) is 0.775. The zero-order chi connectivity index (χ0) is 11.3. The molecule has 2 nitrogen and oxygen atoms in total. The lowest BCUT2D eigenvalue weighted by Gasteiger charge is -2.15. The Labute approximate surface area is 94.9 Å². The molecule has 0 saturated heterocycles. The first-order valence-electron chi connectivity index (χ1n) is 4.95. The van der Waals surface area contributed by atoms with Crippen molar-refractivity contribution in [3.8, 4) is 0 Å². The van der Waals surface area contributed by atoms with Crippen molar-refractivity contribution in [3.05, 3.63) is 30.1 Å². The van der Waals surface area contributed by atoms with Crippen molar-refractivity contribution < 1.29 is 4.39 Å². The van der Waals surface area contributed by atoms with E-state index in [4.69, 9.17) is 12.2 Å². The zero-order valence-electron chi connectivity index (χ0n) is 8.88. The van der Waals surface area contributed by atoms with Crippen LogP contribution in [0.25, 0.3) is 0 Å². The minimum Gasteiger partial charge on any atom is -0.360 e. The fourth-order valence-electron chi connectivity index (χ4n) is 1.06. The van der Waals surface area contributed by atoms with Gasteiger partial charge in [-0.05, 0) is 43.8 Å². The van der Waals surface area contributed by atoms with Gasteiger partial charge < -0.3 is 10.6 Å². The van der Waals surface area contributed by atoms with Gasteiger partial charge in [-0.1, -0.05) is 13.0 Å². The molecule has 0 amide bonds. The highest BCUT2D eigenvalue weighted by Crippen LogP contribution is 2.08. The summed E-state index contributed by atoms with van der Waals surface area (Å²) in [7, 11) is 0. The average molecular weight is 226 g/mol. The molecule has 2 N–H and O–H groups in total. The first kappa shape index (κ1) is 11.9. The van der Waals surface area contributed by atoms with Crippen LogP contribution in [0.15, 0.2) is 24.3 Å². The van der Waals surface area contributed by atoms with Gasteiger partial charge in [-0.25, -0.2) is 4.39 Å². The van der Waals surface area contributed by atoms with Crippen LogP contribution in [-0.2, 0) is 0 Å². The number of hydrogen-bond acceptors (Lipinski definition) is 1. The zero-order valence-corrected chi connectivity index (χ0v) is 9.70. The Morgan fingerprint density at radius 2 is 2.27 bits per heavy atom. The number of halogens is 1. The van der Waals surface area contributed by atoms with Gasteiger partial charge in [-0.2, -0.15) is 0 Å². The van der Waals surface area contributed by atoms with Crippen molar-refractivity contribution in [3.63, 3.8) is 0 Å². The number of anilines is 1. The van der Waals surface area contributed by atoms with Gasteiger partial charge in [0, 0.05) is 11.7 Å². The molecule has 1 unspecified atom stereocenters. The van der Waals surface area contributed by atoms with Crippen LogP contribution in [0.5, 0.6) is 0 Å². The van der Waals surface area contributed by atoms with Gasteiger partial charge >= 0.3 is 0 Å². The van der Waals surface area contributed by atoms with Crippen LogP contribution in [0, 0.1) is 5.82 Å². The normalized spacial score (nSPS) is 11.9. The monoisotopic (exact) mass is 226 g/mol. The second-order valence-corrected chi connectivity index (χ2v) is 3.83. The van der Waals surface area contributed by atoms with E-state index < -0.39 is 0 Å². The summed E-state index contributed by atoms with van der Waals surface area (Å²) in [5.74, 6) is -0.272. The summed E-state index contributed by atoms with van der Waals surface area (Å²) in [4.78, 5) is 0. The second-order valence-electron chi connectivity index (χ2n) is 3.42. The molecule has 0 fully saturated rings. The summed E-state index contributed by atoms with van der Waals surface area (Å²) >= 11 is 5.08. The Balaban J connectivity index is 2.51. The topological polar surface area (TPSA) is 24.1 Å². The van der Waals surface area contributed by atoms with E-state index in [1.54, 1.807) is 12.1 Å². The smallest absolute Gasteiger partial charge is 0.170 e. The molecule has 4 heteroatoms. The molecular formula is C11H15FN2S. The van der Waals surface area contributed by atoms with E-state index in [1.165, 1.54) is 12.1 Å². The lowest BCUT2D eigenvalue weighted by Crippen LogP contribution is -2.35. The Hall–Kier alpha value is -1.16. The number of rotatable bonds is 3. The summed E-state index contributed by atoms with van der Waals surface area (Å²) < 4.78 is 12.8. The molecule has 0 aromatic heterocycles. The molecule has 15 heavy (non-hydrogen) atoms. The summed E-state index contributed by atoms with van der Waals surface area (Å²) in [6.45, 7) is 4.11. The van der Waals surface area contributed by atoms with E-state index >= 15 is 0 Å². The third kappa shape index (κ3) is 4.25. The number of benzene rings is 1. The molecule has 1 aromatic carbocycles. The number of hydrogen-bond donors (Lipinski definition) is 2. The van der Waals surface area contributed by atoms with E-state index in [1.807, 2.05) is 6.92 Å². The molecule has 0 aliphatic heterocycles. The summed E-state index contributed by atoms with van der Waals surface area (Å²) in [5.41, 5.74) is 0.663. The van der Waals surface area contributed by atoms with Gasteiger partial charge in [0.25, 0.3) is 0 Å². The van der Waals surface area contributed by atoms with Crippen LogP contribution >= 0.6 is 12.2 Å². The SMILES string of the molecule is CCC(C)NC(=S)Nc1cccc(F)c1. The van der Waals surface area contributed by atoms with Gasteiger partial charge in [0.1, 0.15) is 5.82 Å². The summed E-state index contributed by atoms with van der Waals surface area (Å²) in [6, 6.07) is 6.54. The van der Waals surface area contributed by atoms with Gasteiger partial charge in [-0.15, -0.1) is 0 Å². The van der Waals surface area contributed by atoms with Gasteiger partial charge in [0.15, 0.2) is 5.11 Å². The summed E-state index contributed by atoms with van der Waals surface area (Å²) in [6.07, 6.45) is 0.991. The van der Waals surface area contributed by atoms with Gasteiger partial charge in [-0.3, -0.25) is 0 Å². The molecule has 0 aliphatic rings. The minimum atomic E-state index is -0.272. The van der Waals surface area contributed by atoms with Crippen molar-refractivity contribution >= 4 is 23.0 Å². The van der Waals surface area contributed by atoms with Crippen LogP contribution < -0.4 is 10.6 Å². The molecule has 0 aliphatic carbocycles. The lowest BCUT2D eigenvalue weighted by molar-refractivity contribution is 0.628. The van der Waals surface area contributed by atoms with E-state index in [2.05, 4.69) is 17.6 Å². The molecule has 0 saturated carbocycles. The number of thiocarbonyl (C=S) groups is 1. The third-order valence-electron chi connectivity index (χ3n) is 2.07. The van der Waals surface area contributed by atoms with Crippen molar-refractivity contribution in [1.29, 1.82) is 0 Å². The molecule has 0 radical (unpaired) electrons. The first-order chi connectivity index (χ1) is 7.11. The van der Waals surface area contributed by atoms with Crippen LogP contribution in [-0.4, -0.2) is 11.2 Å². The molecule has 0 heterocycles. The fraction of sp³-hybridized carbons (Fsp3) is 0.364. The minimum absolute atomic E-state index is 0.272. The molecule has 1 aromatic rings. The van der Waals surface area contributed by atoms with Gasteiger partial charge in [0.05, 0.1) is 0 Å². The third-order valence-corrected chi connectivity index (χ3v) is 2.29. The van der Waals surface area contributed by atoms with Crippen LogP contribution in [0.2, 0.25) is 0 Å². The Kier molecular flexibility index (Phi) is 4.49. The van der Waals surface area contributed by atoms with Crippen molar-refractivity contribution in [2.45, 2.75) is 26.3 Å². The number of nitrogens with one attached hydrogen (secondary N) is 2. The maximum absolute atomic E-state index is 12.8. The largest absolute Gasteiger partial charge is 0.360 e. The van der Waals surface area contributed by atoms with Crippen LogP contribution in [0.4, 0.5) is 10.1 Å². The highest BCUT2D eigenvalue weighted by molar-refractivity contribution is 7.80. The molecule has 1 rings (SSSR count). The standard InChI is InChI=1S/C11H15FN2S/c1-3-8(2)13-11(15)14-10-6-4-5-9(12)7-10/h4-8H,3H2,1-2H3,(H2,13,14,15). The van der Waals surface area contributed by atoms with E-state index in [-0.39, 0.29) is 5.82 Å². The fourth-order valence-corrected chi connectivity index (χ4v) is 1.38. The molecular weight excluding hydrogens is 211 g/mol. The summed E-state index contributed by atoms with van der Waals surface area (Å²) in [5, 5.41) is 6.55. The second kappa shape index (κ2) is 5.66. The first-order valence-corrected chi connectivity index (χ1v) is 5.35. The maximum Gasteiger partial charge on any atom is 0.170 e. The molecule has 1 atom stereocenters. The van der Waals surface area contributed by atoms with Crippen LogP contribution in [0.3, 0.4) is 0 Å². The van der Waals surface area contributed by atoms with E-state index in [9.17, 15) is 4.39 Å². The maximum atomic E-state index is 12.8. The highest BCUT2D eigenvalue weighted by atomic mass is 32.1. The lowest BCUT2D eigenvalue weighted by atomic mass is 10.3. The van der Waals surface area contributed by atoms with Gasteiger partial charge in [0.2, 0.25) is 0 Å². The average Bonchev–Trinajstić information content (AvgIpc) is 2.17. The highest BCUT2D eigenvalue weighted by Gasteiger charge is 2.02. The predicted molar refractivity (Wildman–Crippen MR) is 65.5 cm³/mol. The van der Waals surface area contributed by atoms with Crippen molar-refractivity contribution in [2.75, 3.05) is 5.32 Å². The predicted octanol–water partition coefficient (Wildman–Crippen LogP) is 2.91.